The smallest absolute Gasteiger partial charge is 0.335 e. The van der Waals surface area contributed by atoms with Crippen molar-refractivity contribution in [2.24, 2.45) is 0 Å². The molecule has 3 heteroatoms. The molecule has 1 aliphatic rings. The van der Waals surface area contributed by atoms with Crippen LogP contribution >= 0.6 is 0 Å². The molecule has 0 radical (unpaired) electrons. The Kier molecular flexibility index (Phi) is 2.50. The van der Waals surface area contributed by atoms with E-state index in [4.69, 9.17) is 4.74 Å². The van der Waals surface area contributed by atoms with E-state index in [0.29, 0.717) is 12.8 Å². The average Bonchev–Trinajstić information content (AvgIpc) is 2.47. The Labute approximate surface area is 82.3 Å². The number of ether oxygens (including phenoxy) is 1. The van der Waals surface area contributed by atoms with Gasteiger partial charge in [0.2, 0.25) is 0 Å². The van der Waals surface area contributed by atoms with Crippen molar-refractivity contribution in [2.75, 3.05) is 0 Å². The summed E-state index contributed by atoms with van der Waals surface area (Å²) < 4.78 is 4.99. The Morgan fingerprint density at radius 2 is 2.07 bits per heavy atom. The summed E-state index contributed by atoms with van der Waals surface area (Å²) >= 11 is 0. The van der Waals surface area contributed by atoms with Crippen molar-refractivity contribution >= 4 is 5.97 Å². The molecule has 3 nitrogen and oxygen atoms in total. The van der Waals surface area contributed by atoms with Crippen molar-refractivity contribution < 1.29 is 14.6 Å². The molecule has 0 unspecified atom stereocenters. The first-order valence-corrected chi connectivity index (χ1v) is 4.68. The number of hydrogen-bond donors (Lipinski definition) is 1. The number of aliphatic hydroxyl groups is 1. The minimum atomic E-state index is -0.927. The van der Waals surface area contributed by atoms with Gasteiger partial charge < -0.3 is 9.84 Å². The molecule has 14 heavy (non-hydrogen) atoms. The highest BCUT2D eigenvalue weighted by Crippen LogP contribution is 2.18. The third-order valence-electron chi connectivity index (χ3n) is 2.35. The van der Waals surface area contributed by atoms with Crippen LogP contribution in [-0.2, 0) is 16.0 Å². The molecule has 2 atom stereocenters. The molecule has 1 aromatic rings. The fourth-order valence-electron chi connectivity index (χ4n) is 1.64. The van der Waals surface area contributed by atoms with Gasteiger partial charge in [-0.15, -0.1) is 0 Å². The van der Waals surface area contributed by atoms with Crippen LogP contribution in [0.2, 0.25) is 0 Å². The number of hydrogen-bond acceptors (Lipinski definition) is 3. The summed E-state index contributed by atoms with van der Waals surface area (Å²) in [6.07, 6.45) is 0.000733. The molecule has 0 spiro atoms. The van der Waals surface area contributed by atoms with Crippen LogP contribution in [0.15, 0.2) is 30.3 Å². The predicted molar refractivity (Wildman–Crippen MR) is 50.6 cm³/mol. The fraction of sp³-hybridized carbons (Fsp3) is 0.364. The van der Waals surface area contributed by atoms with Gasteiger partial charge in [-0.25, -0.2) is 4.79 Å². The van der Waals surface area contributed by atoms with Crippen molar-refractivity contribution in [2.45, 2.75) is 25.0 Å². The first kappa shape index (κ1) is 9.21. The highest BCUT2D eigenvalue weighted by molar-refractivity contribution is 5.76. The van der Waals surface area contributed by atoms with E-state index in [1.807, 2.05) is 30.3 Å². The van der Waals surface area contributed by atoms with Gasteiger partial charge in [0.15, 0.2) is 6.10 Å². The first-order valence-electron chi connectivity index (χ1n) is 4.68. The van der Waals surface area contributed by atoms with Gasteiger partial charge in [-0.2, -0.15) is 0 Å². The highest BCUT2D eigenvalue weighted by atomic mass is 16.6. The standard InChI is InChI=1S/C11H12O3/c12-10-7-9(14-11(10)13)6-8-4-2-1-3-5-8/h1-5,9-10,12H,6-7H2/t9-,10-/m1/s1. The number of benzene rings is 1. The molecular weight excluding hydrogens is 180 g/mol. The number of aliphatic hydroxyl groups excluding tert-OH is 1. The molecule has 1 saturated heterocycles. The van der Waals surface area contributed by atoms with E-state index in [2.05, 4.69) is 0 Å². The molecule has 1 N–H and O–H groups in total. The number of carbonyl (C=O) groups is 1. The minimum Gasteiger partial charge on any atom is -0.460 e. The lowest BCUT2D eigenvalue weighted by Crippen LogP contribution is -2.11. The van der Waals surface area contributed by atoms with Gasteiger partial charge >= 0.3 is 5.97 Å². The number of esters is 1. The molecule has 0 bridgehead atoms. The molecule has 0 amide bonds. The van der Waals surface area contributed by atoms with E-state index in [1.165, 1.54) is 0 Å². The van der Waals surface area contributed by atoms with Crippen molar-refractivity contribution in [3.63, 3.8) is 0 Å². The van der Waals surface area contributed by atoms with Crippen LogP contribution in [0.3, 0.4) is 0 Å². The molecular formula is C11H12O3. The molecule has 1 aromatic carbocycles. The molecule has 2 rings (SSSR count). The number of carbonyl (C=O) groups excluding carboxylic acids is 1. The molecule has 1 heterocycles. The SMILES string of the molecule is O=C1O[C@H](Cc2ccccc2)C[C@H]1O. The van der Waals surface area contributed by atoms with Gasteiger partial charge in [0.1, 0.15) is 6.10 Å². The Morgan fingerprint density at radius 1 is 1.36 bits per heavy atom. The highest BCUT2D eigenvalue weighted by Gasteiger charge is 2.32. The van der Waals surface area contributed by atoms with Gasteiger partial charge in [-0.1, -0.05) is 30.3 Å². The van der Waals surface area contributed by atoms with Crippen molar-refractivity contribution in [1.29, 1.82) is 0 Å². The quantitative estimate of drug-likeness (QED) is 0.708. The van der Waals surface area contributed by atoms with Crippen molar-refractivity contribution in [1.82, 2.24) is 0 Å². The maximum absolute atomic E-state index is 10.9. The van der Waals surface area contributed by atoms with Crippen LogP contribution in [0.4, 0.5) is 0 Å². The zero-order chi connectivity index (χ0) is 9.97. The van der Waals surface area contributed by atoms with E-state index in [1.54, 1.807) is 0 Å². The fourth-order valence-corrected chi connectivity index (χ4v) is 1.64. The number of cyclic esters (lactones) is 1. The maximum atomic E-state index is 10.9. The van der Waals surface area contributed by atoms with Gasteiger partial charge in [0, 0.05) is 12.8 Å². The molecule has 0 aromatic heterocycles. The van der Waals surface area contributed by atoms with Crippen LogP contribution in [0, 0.1) is 0 Å². The molecule has 74 valence electrons. The third-order valence-corrected chi connectivity index (χ3v) is 2.35. The van der Waals surface area contributed by atoms with E-state index in [9.17, 15) is 9.90 Å². The second-order valence-corrected chi connectivity index (χ2v) is 3.50. The largest absolute Gasteiger partial charge is 0.460 e. The molecule has 0 saturated carbocycles. The van der Waals surface area contributed by atoms with E-state index in [0.717, 1.165) is 5.56 Å². The normalized spacial score (nSPS) is 26.2. The van der Waals surface area contributed by atoms with Gasteiger partial charge in [-0.05, 0) is 5.56 Å². The van der Waals surface area contributed by atoms with Crippen molar-refractivity contribution in [3.8, 4) is 0 Å². The molecule has 1 aliphatic heterocycles. The van der Waals surface area contributed by atoms with Crippen LogP contribution in [0.5, 0.6) is 0 Å². The summed E-state index contributed by atoms with van der Waals surface area (Å²) in [5, 5.41) is 9.17. The van der Waals surface area contributed by atoms with Gasteiger partial charge in [0.05, 0.1) is 0 Å². The monoisotopic (exact) mass is 192 g/mol. The minimum absolute atomic E-state index is 0.167. The topological polar surface area (TPSA) is 46.5 Å². The number of rotatable bonds is 2. The summed E-state index contributed by atoms with van der Waals surface area (Å²) in [7, 11) is 0. The van der Waals surface area contributed by atoms with E-state index in [-0.39, 0.29) is 6.10 Å². The lowest BCUT2D eigenvalue weighted by atomic mass is 10.1. The Hall–Kier alpha value is -1.35. The Bertz CT molecular complexity index is 321. The molecule has 0 aliphatic carbocycles. The first-order chi connectivity index (χ1) is 6.75. The average molecular weight is 192 g/mol. The summed E-state index contributed by atoms with van der Waals surface area (Å²) in [5.41, 5.74) is 1.12. The van der Waals surface area contributed by atoms with Crippen LogP contribution in [0.1, 0.15) is 12.0 Å². The second kappa shape index (κ2) is 3.80. The predicted octanol–water partition coefficient (Wildman–Crippen LogP) is 0.905. The van der Waals surface area contributed by atoms with Gasteiger partial charge in [-0.3, -0.25) is 0 Å². The summed E-state index contributed by atoms with van der Waals surface area (Å²) in [4.78, 5) is 10.9. The van der Waals surface area contributed by atoms with Crippen LogP contribution in [-0.4, -0.2) is 23.3 Å². The third kappa shape index (κ3) is 1.93. The van der Waals surface area contributed by atoms with E-state index < -0.39 is 12.1 Å². The van der Waals surface area contributed by atoms with Gasteiger partial charge in [0.25, 0.3) is 0 Å². The Balaban J connectivity index is 1.97. The lowest BCUT2D eigenvalue weighted by molar-refractivity contribution is -0.147. The lowest BCUT2D eigenvalue weighted by Gasteiger charge is -2.07. The molecule has 1 fully saturated rings. The van der Waals surface area contributed by atoms with Crippen LogP contribution < -0.4 is 0 Å². The summed E-state index contributed by atoms with van der Waals surface area (Å²) in [6.45, 7) is 0. The Morgan fingerprint density at radius 3 is 2.64 bits per heavy atom. The van der Waals surface area contributed by atoms with E-state index >= 15 is 0 Å². The van der Waals surface area contributed by atoms with Crippen molar-refractivity contribution in [3.05, 3.63) is 35.9 Å². The second-order valence-electron chi connectivity index (χ2n) is 3.50. The summed E-state index contributed by atoms with van der Waals surface area (Å²) in [5.74, 6) is -0.495. The zero-order valence-corrected chi connectivity index (χ0v) is 7.72. The zero-order valence-electron chi connectivity index (χ0n) is 7.72. The summed E-state index contributed by atoms with van der Waals surface area (Å²) in [6, 6.07) is 9.81. The maximum Gasteiger partial charge on any atom is 0.335 e. The van der Waals surface area contributed by atoms with Crippen LogP contribution in [0.25, 0.3) is 0 Å².